The van der Waals surface area contributed by atoms with Gasteiger partial charge in [-0.1, -0.05) is 25.4 Å². The van der Waals surface area contributed by atoms with Crippen molar-refractivity contribution in [3.05, 3.63) is 35.5 Å². The van der Waals surface area contributed by atoms with Crippen molar-refractivity contribution in [2.75, 3.05) is 32.6 Å². The van der Waals surface area contributed by atoms with Crippen LogP contribution in [-0.4, -0.2) is 37.3 Å². The third-order valence-electron chi connectivity index (χ3n) is 2.36. The second-order valence-corrected chi connectivity index (χ2v) is 4.46. The molecule has 0 aliphatic heterocycles. The van der Waals surface area contributed by atoms with Crippen molar-refractivity contribution in [1.82, 2.24) is 10.3 Å². The molecule has 0 saturated heterocycles. The summed E-state index contributed by atoms with van der Waals surface area (Å²) < 4.78 is 0. The van der Waals surface area contributed by atoms with Gasteiger partial charge in [0.05, 0.1) is 5.52 Å². The predicted molar refractivity (Wildman–Crippen MR) is 93.3 cm³/mol. The Morgan fingerprint density at radius 2 is 1.86 bits per heavy atom. The minimum absolute atomic E-state index is 0.196. The lowest BCUT2D eigenvalue weighted by Gasteiger charge is -2.08. The normalized spacial score (nSPS) is 9.24. The lowest BCUT2D eigenvalue weighted by Crippen LogP contribution is -2.03. The molecule has 1 aromatic carbocycles. The largest absolute Gasteiger partial charge is 0.396 e. The molecule has 0 atom stereocenters. The van der Waals surface area contributed by atoms with Gasteiger partial charge in [-0.05, 0) is 44.8 Å². The van der Waals surface area contributed by atoms with E-state index in [0.717, 1.165) is 29.6 Å². The van der Waals surface area contributed by atoms with Crippen LogP contribution in [0.5, 0.6) is 0 Å². The van der Waals surface area contributed by atoms with E-state index in [-0.39, 0.29) is 6.61 Å². The summed E-state index contributed by atoms with van der Waals surface area (Å²) in [6, 6.07) is 7.57. The number of aromatic nitrogens is 1. The maximum atomic E-state index is 8.72. The first-order valence-electron chi connectivity index (χ1n) is 7.20. The summed E-state index contributed by atoms with van der Waals surface area (Å²) in [7, 11) is 3.75. The highest BCUT2D eigenvalue weighted by Crippen LogP contribution is 2.24. The van der Waals surface area contributed by atoms with E-state index in [1.54, 1.807) is 6.20 Å². The molecule has 0 amide bonds. The summed E-state index contributed by atoms with van der Waals surface area (Å²) in [6.45, 7) is 4.94. The molecule has 1 heterocycles. The van der Waals surface area contributed by atoms with Crippen molar-refractivity contribution < 1.29 is 5.11 Å². The van der Waals surface area contributed by atoms with Crippen LogP contribution in [0.1, 0.15) is 20.3 Å². The third-order valence-corrected chi connectivity index (χ3v) is 2.59. The average molecular weight is 312 g/mol. The summed E-state index contributed by atoms with van der Waals surface area (Å²) in [5, 5.41) is 16.5. The molecule has 0 bridgehead atoms. The van der Waals surface area contributed by atoms with Crippen molar-refractivity contribution in [1.29, 1.82) is 0 Å². The van der Waals surface area contributed by atoms with Crippen molar-refractivity contribution >= 4 is 28.2 Å². The number of rotatable bonds is 4. The highest BCUT2D eigenvalue weighted by atomic mass is 35.5. The second-order valence-electron chi connectivity index (χ2n) is 4.02. The average Bonchev–Trinajstić information content (AvgIpc) is 2.50. The van der Waals surface area contributed by atoms with Gasteiger partial charge >= 0.3 is 0 Å². The third kappa shape index (κ3) is 7.27. The number of aliphatic hydroxyl groups excluding tert-OH is 1. The van der Waals surface area contributed by atoms with Gasteiger partial charge in [0, 0.05) is 35.4 Å². The van der Waals surface area contributed by atoms with Crippen molar-refractivity contribution in [2.45, 2.75) is 20.3 Å². The van der Waals surface area contributed by atoms with Crippen LogP contribution in [0.15, 0.2) is 30.5 Å². The smallest absolute Gasteiger partial charge is 0.0737 e. The molecule has 21 heavy (non-hydrogen) atoms. The summed E-state index contributed by atoms with van der Waals surface area (Å²) >= 11 is 5.90. The lowest BCUT2D eigenvalue weighted by atomic mass is 10.2. The molecule has 0 saturated carbocycles. The highest BCUT2D eigenvalue weighted by Gasteiger charge is 2.01. The number of benzene rings is 1. The SMILES string of the molecule is CC.CNC.OCCCNc1ccnc2cc(Cl)ccc12. The van der Waals surface area contributed by atoms with Crippen LogP contribution in [0.4, 0.5) is 5.69 Å². The van der Waals surface area contributed by atoms with Crippen molar-refractivity contribution in [3.8, 4) is 0 Å². The number of aliphatic hydroxyl groups is 1. The lowest BCUT2D eigenvalue weighted by molar-refractivity contribution is 0.292. The number of pyridine rings is 1. The molecule has 0 aliphatic rings. The van der Waals surface area contributed by atoms with Crippen molar-refractivity contribution in [2.24, 2.45) is 0 Å². The Labute approximate surface area is 132 Å². The molecule has 2 aromatic rings. The van der Waals surface area contributed by atoms with E-state index in [2.05, 4.69) is 15.6 Å². The molecule has 0 unspecified atom stereocenters. The molecule has 2 rings (SSSR count). The van der Waals surface area contributed by atoms with E-state index >= 15 is 0 Å². The van der Waals surface area contributed by atoms with Crippen LogP contribution >= 0.6 is 11.6 Å². The fourth-order valence-corrected chi connectivity index (χ4v) is 1.74. The maximum Gasteiger partial charge on any atom is 0.0737 e. The number of hydrogen-bond donors (Lipinski definition) is 3. The van der Waals surface area contributed by atoms with E-state index in [9.17, 15) is 0 Å². The molecule has 4 nitrogen and oxygen atoms in total. The Hall–Kier alpha value is -1.36. The Kier molecular flexibility index (Phi) is 11.6. The van der Waals surface area contributed by atoms with Gasteiger partial charge < -0.3 is 15.7 Å². The Morgan fingerprint density at radius 3 is 2.48 bits per heavy atom. The van der Waals surface area contributed by atoms with E-state index in [0.29, 0.717) is 5.02 Å². The zero-order valence-corrected chi connectivity index (χ0v) is 14.0. The molecule has 118 valence electrons. The first kappa shape index (κ1) is 19.6. The molecule has 0 aliphatic carbocycles. The Morgan fingerprint density at radius 1 is 1.19 bits per heavy atom. The van der Waals surface area contributed by atoms with Gasteiger partial charge in [0.1, 0.15) is 0 Å². The molecule has 0 fully saturated rings. The van der Waals surface area contributed by atoms with Gasteiger partial charge in [-0.2, -0.15) is 0 Å². The number of nitrogens with one attached hydrogen (secondary N) is 2. The minimum atomic E-state index is 0.196. The number of hydrogen-bond acceptors (Lipinski definition) is 4. The monoisotopic (exact) mass is 311 g/mol. The minimum Gasteiger partial charge on any atom is -0.396 e. The van der Waals surface area contributed by atoms with Crippen LogP contribution in [0.2, 0.25) is 5.02 Å². The fraction of sp³-hybridized carbons (Fsp3) is 0.438. The summed E-state index contributed by atoms with van der Waals surface area (Å²) in [5.74, 6) is 0. The summed E-state index contributed by atoms with van der Waals surface area (Å²) in [5.41, 5.74) is 1.90. The van der Waals surface area contributed by atoms with E-state index in [4.69, 9.17) is 16.7 Å². The van der Waals surface area contributed by atoms with Crippen LogP contribution in [0.25, 0.3) is 10.9 Å². The molecule has 5 heteroatoms. The molecule has 1 aromatic heterocycles. The van der Waals surface area contributed by atoms with Crippen LogP contribution in [0, 0.1) is 0 Å². The second kappa shape index (κ2) is 12.4. The van der Waals surface area contributed by atoms with Gasteiger partial charge in [0.15, 0.2) is 0 Å². The standard InChI is InChI=1S/C12H13ClN2O.C2H7N.C2H6/c13-9-2-3-10-11(14-5-1-7-16)4-6-15-12(10)8-9;1-3-2;1-2/h2-4,6,8,16H,1,5,7H2,(H,14,15);3H,1-2H3;1-2H3. The molecular weight excluding hydrogens is 286 g/mol. The number of nitrogens with zero attached hydrogens (tertiary/aromatic N) is 1. The molecule has 0 radical (unpaired) electrons. The van der Waals surface area contributed by atoms with Gasteiger partial charge in [-0.25, -0.2) is 0 Å². The summed E-state index contributed by atoms with van der Waals surface area (Å²) in [4.78, 5) is 4.26. The van der Waals surface area contributed by atoms with E-state index in [1.165, 1.54) is 0 Å². The van der Waals surface area contributed by atoms with Crippen LogP contribution < -0.4 is 10.6 Å². The molecular formula is C16H26ClN3O. The first-order chi connectivity index (χ1) is 10.2. The van der Waals surface area contributed by atoms with Gasteiger partial charge in [0.25, 0.3) is 0 Å². The maximum absolute atomic E-state index is 8.72. The number of anilines is 1. The van der Waals surface area contributed by atoms with E-state index < -0.39 is 0 Å². The van der Waals surface area contributed by atoms with Crippen molar-refractivity contribution in [3.63, 3.8) is 0 Å². The molecule has 3 N–H and O–H groups in total. The van der Waals surface area contributed by atoms with E-state index in [1.807, 2.05) is 52.2 Å². The molecule has 0 spiro atoms. The fourth-order valence-electron chi connectivity index (χ4n) is 1.58. The number of halogens is 1. The zero-order chi connectivity index (χ0) is 16.1. The Bertz CT molecular complexity index is 506. The quantitative estimate of drug-likeness (QED) is 0.756. The topological polar surface area (TPSA) is 57.2 Å². The highest BCUT2D eigenvalue weighted by molar-refractivity contribution is 6.31. The summed E-state index contributed by atoms with van der Waals surface area (Å²) in [6.07, 6.45) is 2.48. The first-order valence-corrected chi connectivity index (χ1v) is 7.58. The van der Waals surface area contributed by atoms with Crippen LogP contribution in [0.3, 0.4) is 0 Å². The number of fused-ring (bicyclic) bond motifs is 1. The predicted octanol–water partition coefficient (Wildman–Crippen LogP) is 3.54. The zero-order valence-electron chi connectivity index (χ0n) is 13.3. The Balaban J connectivity index is 0.000000713. The van der Waals surface area contributed by atoms with Crippen LogP contribution in [-0.2, 0) is 0 Å². The van der Waals surface area contributed by atoms with Gasteiger partial charge in [-0.15, -0.1) is 0 Å². The van der Waals surface area contributed by atoms with Gasteiger partial charge in [-0.3, -0.25) is 4.98 Å². The van der Waals surface area contributed by atoms with Gasteiger partial charge in [0.2, 0.25) is 0 Å².